The van der Waals surface area contributed by atoms with Gasteiger partial charge in [0.15, 0.2) is 0 Å². The van der Waals surface area contributed by atoms with E-state index in [4.69, 9.17) is 9.47 Å². The Kier molecular flexibility index (Phi) is 9.92. The normalized spacial score (nSPS) is 9.76. The van der Waals surface area contributed by atoms with Crippen molar-refractivity contribution in [1.29, 1.82) is 0 Å². The Hall–Kier alpha value is -0.770. The van der Waals surface area contributed by atoms with E-state index in [1.54, 1.807) is 7.11 Å². The minimum absolute atomic E-state index is 0. The average molecular weight is 260 g/mol. The predicted molar refractivity (Wildman–Crippen MR) is 73.1 cm³/mol. The van der Waals surface area contributed by atoms with Crippen LogP contribution in [0.15, 0.2) is 24.3 Å². The summed E-state index contributed by atoms with van der Waals surface area (Å²) in [6.07, 6.45) is 1.04. The second kappa shape index (κ2) is 10.4. The topological polar surface area (TPSA) is 30.5 Å². The van der Waals surface area contributed by atoms with Gasteiger partial charge in [0.1, 0.15) is 5.75 Å². The van der Waals surface area contributed by atoms with Crippen LogP contribution < -0.4 is 10.1 Å². The van der Waals surface area contributed by atoms with Crippen LogP contribution in [0.3, 0.4) is 0 Å². The van der Waals surface area contributed by atoms with Crippen LogP contribution in [0.5, 0.6) is 5.75 Å². The van der Waals surface area contributed by atoms with E-state index in [1.807, 2.05) is 19.1 Å². The number of nitrogens with one attached hydrogen (secondary N) is 1. The molecule has 0 aliphatic heterocycles. The Balaban J connectivity index is 0.00000256. The van der Waals surface area contributed by atoms with E-state index in [0.29, 0.717) is 6.61 Å². The van der Waals surface area contributed by atoms with Gasteiger partial charge in [0.2, 0.25) is 0 Å². The summed E-state index contributed by atoms with van der Waals surface area (Å²) in [4.78, 5) is 0. The van der Waals surface area contributed by atoms with Gasteiger partial charge in [-0.3, -0.25) is 0 Å². The first-order valence-corrected chi connectivity index (χ1v) is 5.78. The molecule has 3 nitrogen and oxygen atoms in total. The van der Waals surface area contributed by atoms with Crippen molar-refractivity contribution in [3.63, 3.8) is 0 Å². The van der Waals surface area contributed by atoms with Crippen molar-refractivity contribution in [3.8, 4) is 5.75 Å². The second-order valence-electron chi connectivity index (χ2n) is 3.60. The summed E-state index contributed by atoms with van der Waals surface area (Å²) < 4.78 is 10.4. The summed E-state index contributed by atoms with van der Waals surface area (Å²) in [5.74, 6) is 0.943. The molecule has 1 aromatic carbocycles. The van der Waals surface area contributed by atoms with E-state index < -0.39 is 0 Å². The highest BCUT2D eigenvalue weighted by molar-refractivity contribution is 5.85. The van der Waals surface area contributed by atoms with Crippen LogP contribution in [0, 0.1) is 0 Å². The first-order valence-electron chi connectivity index (χ1n) is 5.78. The van der Waals surface area contributed by atoms with E-state index >= 15 is 0 Å². The first-order chi connectivity index (χ1) is 7.86. The fraction of sp³-hybridized carbons (Fsp3) is 0.538. The molecule has 0 fully saturated rings. The SMILES string of the molecule is CCOc1cccc(CNCCCOC)c1.Cl. The lowest BCUT2D eigenvalue weighted by molar-refractivity contribution is 0.194. The van der Waals surface area contributed by atoms with Crippen LogP contribution in [0.1, 0.15) is 18.9 Å². The number of hydrogen-bond donors (Lipinski definition) is 1. The molecular weight excluding hydrogens is 238 g/mol. The van der Waals surface area contributed by atoms with E-state index in [-0.39, 0.29) is 12.4 Å². The molecule has 0 amide bonds. The van der Waals surface area contributed by atoms with Gasteiger partial charge in [-0.25, -0.2) is 0 Å². The van der Waals surface area contributed by atoms with Crippen LogP contribution in [-0.2, 0) is 11.3 Å². The molecule has 98 valence electrons. The standard InChI is InChI=1S/C13H21NO2.ClH/c1-3-16-13-7-4-6-12(10-13)11-14-8-5-9-15-2;/h4,6-7,10,14H,3,5,8-9,11H2,1-2H3;1H. The minimum Gasteiger partial charge on any atom is -0.494 e. The molecule has 4 heteroatoms. The Bertz CT molecular complexity index is 295. The summed E-state index contributed by atoms with van der Waals surface area (Å²) >= 11 is 0. The van der Waals surface area contributed by atoms with Crippen LogP contribution in [0.2, 0.25) is 0 Å². The van der Waals surface area contributed by atoms with Gasteiger partial charge in [0, 0.05) is 20.3 Å². The molecule has 0 heterocycles. The van der Waals surface area contributed by atoms with Crippen molar-refractivity contribution >= 4 is 12.4 Å². The molecular formula is C13H22ClNO2. The van der Waals surface area contributed by atoms with Crippen molar-refractivity contribution in [2.24, 2.45) is 0 Å². The highest BCUT2D eigenvalue weighted by Crippen LogP contribution is 2.12. The molecule has 0 aromatic heterocycles. The molecule has 1 N–H and O–H groups in total. The van der Waals surface area contributed by atoms with Crippen molar-refractivity contribution in [2.75, 3.05) is 26.9 Å². The molecule has 1 aromatic rings. The number of benzene rings is 1. The second-order valence-corrected chi connectivity index (χ2v) is 3.60. The maximum atomic E-state index is 5.44. The lowest BCUT2D eigenvalue weighted by atomic mass is 10.2. The van der Waals surface area contributed by atoms with Crippen molar-refractivity contribution < 1.29 is 9.47 Å². The molecule has 0 aliphatic carbocycles. The summed E-state index contributed by atoms with van der Waals surface area (Å²) in [7, 11) is 1.73. The first kappa shape index (κ1) is 16.2. The van der Waals surface area contributed by atoms with E-state index in [1.165, 1.54) is 5.56 Å². The zero-order valence-electron chi connectivity index (χ0n) is 10.6. The summed E-state index contributed by atoms with van der Waals surface area (Å²) in [6.45, 7) is 5.38. The van der Waals surface area contributed by atoms with E-state index in [9.17, 15) is 0 Å². The van der Waals surface area contributed by atoms with Gasteiger partial charge in [-0.1, -0.05) is 12.1 Å². The summed E-state index contributed by atoms with van der Waals surface area (Å²) in [6, 6.07) is 8.19. The van der Waals surface area contributed by atoms with Gasteiger partial charge in [-0.05, 0) is 37.6 Å². The molecule has 0 aliphatic rings. The van der Waals surface area contributed by atoms with Crippen LogP contribution in [0.4, 0.5) is 0 Å². The third-order valence-corrected chi connectivity index (χ3v) is 2.24. The average Bonchev–Trinajstić information content (AvgIpc) is 2.30. The smallest absolute Gasteiger partial charge is 0.119 e. The van der Waals surface area contributed by atoms with Crippen molar-refractivity contribution in [2.45, 2.75) is 19.9 Å². The van der Waals surface area contributed by atoms with Gasteiger partial charge in [-0.15, -0.1) is 12.4 Å². The predicted octanol–water partition coefficient (Wildman–Crippen LogP) is 2.63. The Labute approximate surface area is 110 Å². The molecule has 17 heavy (non-hydrogen) atoms. The number of ether oxygens (including phenoxy) is 2. The molecule has 0 spiro atoms. The molecule has 0 saturated carbocycles. The van der Waals surface area contributed by atoms with E-state index in [2.05, 4.69) is 17.4 Å². The zero-order chi connectivity index (χ0) is 11.6. The molecule has 0 atom stereocenters. The van der Waals surface area contributed by atoms with Gasteiger partial charge < -0.3 is 14.8 Å². The van der Waals surface area contributed by atoms with Crippen LogP contribution in [-0.4, -0.2) is 26.9 Å². The lowest BCUT2D eigenvalue weighted by Crippen LogP contribution is -2.16. The van der Waals surface area contributed by atoms with Gasteiger partial charge in [0.25, 0.3) is 0 Å². The highest BCUT2D eigenvalue weighted by Gasteiger charge is 1.96. The molecule has 1 rings (SSSR count). The molecule has 0 bridgehead atoms. The number of hydrogen-bond acceptors (Lipinski definition) is 3. The fourth-order valence-corrected chi connectivity index (χ4v) is 1.49. The number of halogens is 1. The van der Waals surface area contributed by atoms with Crippen LogP contribution in [0.25, 0.3) is 0 Å². The molecule has 0 saturated heterocycles. The number of methoxy groups -OCH3 is 1. The van der Waals surface area contributed by atoms with Crippen molar-refractivity contribution in [3.05, 3.63) is 29.8 Å². The third-order valence-electron chi connectivity index (χ3n) is 2.24. The van der Waals surface area contributed by atoms with E-state index in [0.717, 1.165) is 31.9 Å². The molecule has 0 radical (unpaired) electrons. The van der Waals surface area contributed by atoms with Crippen LogP contribution >= 0.6 is 12.4 Å². The quantitative estimate of drug-likeness (QED) is 0.728. The zero-order valence-corrected chi connectivity index (χ0v) is 11.4. The largest absolute Gasteiger partial charge is 0.494 e. The fourth-order valence-electron chi connectivity index (χ4n) is 1.49. The Morgan fingerprint density at radius 2 is 2.12 bits per heavy atom. The minimum atomic E-state index is 0. The maximum absolute atomic E-state index is 5.44. The lowest BCUT2D eigenvalue weighted by Gasteiger charge is -2.07. The van der Waals surface area contributed by atoms with Gasteiger partial charge >= 0.3 is 0 Å². The van der Waals surface area contributed by atoms with Crippen molar-refractivity contribution in [1.82, 2.24) is 5.32 Å². The Morgan fingerprint density at radius 3 is 2.82 bits per heavy atom. The number of rotatable bonds is 8. The Morgan fingerprint density at radius 1 is 1.29 bits per heavy atom. The summed E-state index contributed by atoms with van der Waals surface area (Å²) in [5.41, 5.74) is 1.25. The monoisotopic (exact) mass is 259 g/mol. The van der Waals surface area contributed by atoms with Gasteiger partial charge in [0.05, 0.1) is 6.61 Å². The summed E-state index contributed by atoms with van der Waals surface area (Å²) in [5, 5.41) is 3.37. The molecule has 0 unspecified atom stereocenters. The maximum Gasteiger partial charge on any atom is 0.119 e. The third kappa shape index (κ3) is 7.21. The highest BCUT2D eigenvalue weighted by atomic mass is 35.5. The van der Waals surface area contributed by atoms with Gasteiger partial charge in [-0.2, -0.15) is 0 Å².